The van der Waals surface area contributed by atoms with Crippen molar-refractivity contribution in [3.8, 4) is 34.3 Å². The van der Waals surface area contributed by atoms with Crippen molar-refractivity contribution in [3.05, 3.63) is 70.8 Å². The molecule has 1 aliphatic heterocycles. The molecule has 2 heterocycles. The van der Waals surface area contributed by atoms with Crippen molar-refractivity contribution in [2.45, 2.75) is 44.7 Å². The van der Waals surface area contributed by atoms with Crippen LogP contribution in [0.2, 0.25) is 0 Å². The number of hydrogen-bond acceptors (Lipinski definition) is 5. The van der Waals surface area contributed by atoms with Gasteiger partial charge in [0.2, 0.25) is 11.8 Å². The summed E-state index contributed by atoms with van der Waals surface area (Å²) in [5.41, 5.74) is 7.97. The molecule has 34 heavy (non-hydrogen) atoms. The quantitative estimate of drug-likeness (QED) is 0.562. The van der Waals surface area contributed by atoms with Gasteiger partial charge < -0.3 is 15.4 Å². The summed E-state index contributed by atoms with van der Waals surface area (Å²) in [4.78, 5) is 16.1. The molecule has 0 saturated carbocycles. The predicted octanol–water partition coefficient (Wildman–Crippen LogP) is 4.15. The molecule has 1 amide bonds. The zero-order chi connectivity index (χ0) is 23.5. The van der Waals surface area contributed by atoms with E-state index in [1.165, 1.54) is 11.1 Å². The topological polar surface area (TPSA) is 87.0 Å². The number of hydrogen-bond donors (Lipinski definition) is 2. The van der Waals surface area contributed by atoms with Crippen molar-refractivity contribution in [1.29, 1.82) is 5.26 Å². The smallest absolute Gasteiger partial charge is 0.220 e. The minimum absolute atomic E-state index is 0.117. The molecule has 0 bridgehead atoms. The number of benzene rings is 2. The van der Waals surface area contributed by atoms with Crippen molar-refractivity contribution in [3.63, 3.8) is 0 Å². The van der Waals surface area contributed by atoms with E-state index in [0.717, 1.165) is 53.6 Å². The fourth-order valence-corrected chi connectivity index (χ4v) is 5.12. The lowest BCUT2D eigenvalue weighted by Crippen LogP contribution is -2.35. The third-order valence-electron chi connectivity index (χ3n) is 6.81. The van der Waals surface area contributed by atoms with Crippen LogP contribution >= 0.6 is 0 Å². The fraction of sp³-hybridized carbons (Fsp3) is 0.321. The lowest BCUT2D eigenvalue weighted by molar-refractivity contribution is -0.119. The van der Waals surface area contributed by atoms with Crippen molar-refractivity contribution in [2.75, 3.05) is 13.7 Å². The molecule has 1 saturated heterocycles. The lowest BCUT2D eigenvalue weighted by atomic mass is 9.90. The summed E-state index contributed by atoms with van der Waals surface area (Å²) in [5, 5.41) is 16.5. The number of fused-ring (bicyclic) bond motifs is 1. The molecule has 2 aliphatic rings. The number of nitrogens with one attached hydrogen (secondary N) is 2. The number of methoxy groups -OCH3 is 1. The van der Waals surface area contributed by atoms with E-state index in [4.69, 9.17) is 9.72 Å². The Morgan fingerprint density at radius 1 is 1.09 bits per heavy atom. The van der Waals surface area contributed by atoms with Crippen LogP contribution in [0.3, 0.4) is 0 Å². The van der Waals surface area contributed by atoms with E-state index in [0.29, 0.717) is 31.0 Å². The van der Waals surface area contributed by atoms with Gasteiger partial charge in [0.1, 0.15) is 6.07 Å². The molecule has 1 fully saturated rings. The van der Waals surface area contributed by atoms with Crippen LogP contribution in [0.25, 0.3) is 22.4 Å². The summed E-state index contributed by atoms with van der Waals surface area (Å²) < 4.78 is 5.59. The Kier molecular flexibility index (Phi) is 6.29. The molecule has 172 valence electrons. The summed E-state index contributed by atoms with van der Waals surface area (Å²) in [6.45, 7) is 1.29. The summed E-state index contributed by atoms with van der Waals surface area (Å²) in [5.74, 6) is 0.654. The Bertz CT molecular complexity index is 1280. The first-order chi connectivity index (χ1) is 16.7. The van der Waals surface area contributed by atoms with Crippen LogP contribution in [0.1, 0.15) is 41.5 Å². The van der Waals surface area contributed by atoms with Gasteiger partial charge in [0.25, 0.3) is 0 Å². The number of pyridine rings is 1. The average molecular weight is 453 g/mol. The first-order valence-electron chi connectivity index (χ1n) is 11.9. The number of carbonyl (C=O) groups is 1. The second-order valence-corrected chi connectivity index (χ2v) is 8.94. The van der Waals surface area contributed by atoms with Crippen LogP contribution in [0, 0.1) is 11.3 Å². The third-order valence-corrected chi connectivity index (χ3v) is 6.81. The maximum Gasteiger partial charge on any atom is 0.220 e. The van der Waals surface area contributed by atoms with Crippen molar-refractivity contribution in [1.82, 2.24) is 15.6 Å². The van der Waals surface area contributed by atoms with Gasteiger partial charge in [-0.2, -0.15) is 5.26 Å². The standard InChI is InChI=1S/C28H28N4O2/c1-34-28-19(16-30-17-20-12-14-27(33)31-20)11-13-26(32-28)24-10-4-9-23(25(24)15-29)22-8-3-6-18-5-2-7-21(18)22/h3-4,6,8-11,13,20,30H,2,5,7,12,14,16-17H2,1H3,(H,31,33). The summed E-state index contributed by atoms with van der Waals surface area (Å²) in [6.07, 6.45) is 4.77. The minimum Gasteiger partial charge on any atom is -0.481 e. The maximum atomic E-state index is 11.4. The third kappa shape index (κ3) is 4.27. The van der Waals surface area contributed by atoms with Crippen LogP contribution in [0.5, 0.6) is 5.88 Å². The molecule has 1 atom stereocenters. The average Bonchev–Trinajstić information content (AvgIpc) is 3.52. The molecule has 6 nitrogen and oxygen atoms in total. The predicted molar refractivity (Wildman–Crippen MR) is 131 cm³/mol. The van der Waals surface area contributed by atoms with E-state index in [1.54, 1.807) is 7.11 Å². The van der Waals surface area contributed by atoms with Crippen molar-refractivity contribution in [2.24, 2.45) is 0 Å². The Morgan fingerprint density at radius 2 is 1.91 bits per heavy atom. The van der Waals surface area contributed by atoms with Crippen LogP contribution in [-0.2, 0) is 24.2 Å². The zero-order valence-corrected chi connectivity index (χ0v) is 19.4. The number of nitriles is 1. The molecule has 2 N–H and O–H groups in total. The summed E-state index contributed by atoms with van der Waals surface area (Å²) in [6, 6.07) is 19.0. The SMILES string of the molecule is COc1nc(-c2cccc(-c3cccc4c3CCC4)c2C#N)ccc1CNCC1CCC(=O)N1. The Morgan fingerprint density at radius 3 is 2.71 bits per heavy atom. The number of ether oxygens (including phenoxy) is 1. The normalized spacial score (nSPS) is 16.7. The zero-order valence-electron chi connectivity index (χ0n) is 19.4. The van der Waals surface area contributed by atoms with Crippen LogP contribution in [0.15, 0.2) is 48.5 Å². The molecule has 6 heteroatoms. The van der Waals surface area contributed by atoms with E-state index in [2.05, 4.69) is 34.9 Å². The molecule has 0 spiro atoms. The highest BCUT2D eigenvalue weighted by Crippen LogP contribution is 2.37. The highest BCUT2D eigenvalue weighted by molar-refractivity contribution is 5.83. The van der Waals surface area contributed by atoms with Gasteiger partial charge in [-0.15, -0.1) is 0 Å². The van der Waals surface area contributed by atoms with E-state index in [-0.39, 0.29) is 11.9 Å². The second kappa shape index (κ2) is 9.66. The van der Waals surface area contributed by atoms with E-state index >= 15 is 0 Å². The van der Waals surface area contributed by atoms with Crippen molar-refractivity contribution < 1.29 is 9.53 Å². The van der Waals surface area contributed by atoms with Crippen LogP contribution < -0.4 is 15.4 Å². The van der Waals surface area contributed by atoms with Gasteiger partial charge in [0, 0.05) is 42.2 Å². The molecule has 5 rings (SSSR count). The van der Waals surface area contributed by atoms with Gasteiger partial charge in [-0.1, -0.05) is 42.5 Å². The van der Waals surface area contributed by atoms with Crippen LogP contribution in [0.4, 0.5) is 0 Å². The molecular formula is C28H28N4O2. The van der Waals surface area contributed by atoms with Gasteiger partial charge >= 0.3 is 0 Å². The lowest BCUT2D eigenvalue weighted by Gasteiger charge is -2.15. The Balaban J connectivity index is 1.43. The highest BCUT2D eigenvalue weighted by Gasteiger charge is 2.21. The molecule has 1 unspecified atom stereocenters. The Labute approximate surface area is 200 Å². The fourth-order valence-electron chi connectivity index (χ4n) is 5.12. The van der Waals surface area contributed by atoms with Crippen molar-refractivity contribution >= 4 is 5.91 Å². The van der Waals surface area contributed by atoms with E-state index in [9.17, 15) is 10.1 Å². The van der Waals surface area contributed by atoms with Gasteiger partial charge in [-0.3, -0.25) is 4.79 Å². The van der Waals surface area contributed by atoms with E-state index < -0.39 is 0 Å². The monoisotopic (exact) mass is 452 g/mol. The van der Waals surface area contributed by atoms with Gasteiger partial charge in [0.05, 0.1) is 18.4 Å². The minimum atomic E-state index is 0.117. The molecule has 2 aromatic carbocycles. The van der Waals surface area contributed by atoms with Crippen LogP contribution in [-0.4, -0.2) is 30.6 Å². The second-order valence-electron chi connectivity index (χ2n) is 8.94. The number of rotatable bonds is 7. The molecular weight excluding hydrogens is 424 g/mol. The molecule has 3 aromatic rings. The molecule has 0 radical (unpaired) electrons. The molecule has 1 aromatic heterocycles. The number of aromatic nitrogens is 1. The Hall–Kier alpha value is -3.69. The maximum absolute atomic E-state index is 11.4. The molecule has 1 aliphatic carbocycles. The first kappa shape index (κ1) is 22.1. The number of nitrogens with zero attached hydrogens (tertiary/aromatic N) is 2. The van der Waals surface area contributed by atoms with Gasteiger partial charge in [-0.05, 0) is 48.4 Å². The largest absolute Gasteiger partial charge is 0.481 e. The number of amides is 1. The number of aryl methyl sites for hydroxylation is 1. The summed E-state index contributed by atoms with van der Waals surface area (Å²) >= 11 is 0. The van der Waals surface area contributed by atoms with Gasteiger partial charge in [0.15, 0.2) is 0 Å². The van der Waals surface area contributed by atoms with E-state index in [1.807, 2.05) is 30.3 Å². The van der Waals surface area contributed by atoms with Gasteiger partial charge in [-0.25, -0.2) is 4.98 Å². The highest BCUT2D eigenvalue weighted by atomic mass is 16.5. The first-order valence-corrected chi connectivity index (χ1v) is 11.9. The summed E-state index contributed by atoms with van der Waals surface area (Å²) in [7, 11) is 1.61. The number of carbonyl (C=O) groups excluding carboxylic acids is 1.